The van der Waals surface area contributed by atoms with Crippen molar-refractivity contribution in [3.8, 4) is 0 Å². The third-order valence-corrected chi connectivity index (χ3v) is 5.60. The zero-order chi connectivity index (χ0) is 13.9. The van der Waals surface area contributed by atoms with Crippen LogP contribution in [0, 0.1) is 0 Å². The summed E-state index contributed by atoms with van der Waals surface area (Å²) in [6, 6.07) is 0.355. The van der Waals surface area contributed by atoms with Crippen molar-refractivity contribution in [3.63, 3.8) is 0 Å². The highest BCUT2D eigenvalue weighted by Gasteiger charge is 2.31. The lowest BCUT2D eigenvalue weighted by Crippen LogP contribution is -2.53. The number of hydrogen-bond donors (Lipinski definition) is 0. The second-order valence-electron chi connectivity index (χ2n) is 5.10. The SMILES string of the molecule is CCOC(=O)N1CCN(C2CCS(=O)(=O)CC2)CC1. The maximum absolute atomic E-state index is 11.6. The first kappa shape index (κ1) is 14.6. The molecule has 0 N–H and O–H groups in total. The molecule has 0 unspecified atom stereocenters. The third kappa shape index (κ3) is 3.82. The fourth-order valence-electron chi connectivity index (χ4n) is 2.73. The van der Waals surface area contributed by atoms with E-state index >= 15 is 0 Å². The van der Waals surface area contributed by atoms with Crippen molar-refractivity contribution in [3.05, 3.63) is 0 Å². The van der Waals surface area contributed by atoms with Crippen LogP contribution in [0.2, 0.25) is 0 Å². The molecule has 0 aromatic carbocycles. The molecule has 2 saturated heterocycles. The average molecular weight is 290 g/mol. The zero-order valence-corrected chi connectivity index (χ0v) is 12.2. The smallest absolute Gasteiger partial charge is 0.409 e. The normalized spacial score (nSPS) is 25.2. The lowest BCUT2D eigenvalue weighted by Gasteiger charge is -2.40. The Hall–Kier alpha value is -0.820. The monoisotopic (exact) mass is 290 g/mol. The summed E-state index contributed by atoms with van der Waals surface area (Å²) < 4.78 is 27.8. The predicted octanol–water partition coefficient (Wildman–Crippen LogP) is 0.338. The van der Waals surface area contributed by atoms with Gasteiger partial charge in [-0.1, -0.05) is 0 Å². The van der Waals surface area contributed by atoms with Gasteiger partial charge in [0.25, 0.3) is 0 Å². The fourth-order valence-corrected chi connectivity index (χ4v) is 4.19. The first-order chi connectivity index (χ1) is 9.02. The maximum atomic E-state index is 11.6. The van der Waals surface area contributed by atoms with Gasteiger partial charge in [-0.25, -0.2) is 13.2 Å². The number of carbonyl (C=O) groups excluding carboxylic acids is 1. The van der Waals surface area contributed by atoms with Crippen LogP contribution in [-0.2, 0) is 14.6 Å². The van der Waals surface area contributed by atoms with E-state index in [2.05, 4.69) is 4.90 Å². The van der Waals surface area contributed by atoms with Gasteiger partial charge >= 0.3 is 6.09 Å². The van der Waals surface area contributed by atoms with Crippen LogP contribution in [0.1, 0.15) is 19.8 Å². The van der Waals surface area contributed by atoms with Gasteiger partial charge in [0.1, 0.15) is 9.84 Å². The predicted molar refractivity (Wildman–Crippen MR) is 71.8 cm³/mol. The van der Waals surface area contributed by atoms with Crippen LogP contribution in [0.3, 0.4) is 0 Å². The molecular formula is C12H22N2O4S. The van der Waals surface area contributed by atoms with Gasteiger partial charge in [0.05, 0.1) is 18.1 Å². The highest BCUT2D eigenvalue weighted by molar-refractivity contribution is 7.91. The second kappa shape index (κ2) is 6.09. The summed E-state index contributed by atoms with van der Waals surface area (Å²) in [4.78, 5) is 15.6. The molecule has 0 saturated carbocycles. The van der Waals surface area contributed by atoms with Crippen molar-refractivity contribution in [1.82, 2.24) is 9.80 Å². The summed E-state index contributed by atoms with van der Waals surface area (Å²) >= 11 is 0. The van der Waals surface area contributed by atoms with E-state index in [4.69, 9.17) is 4.74 Å². The van der Waals surface area contributed by atoms with Crippen LogP contribution in [0.15, 0.2) is 0 Å². The Morgan fingerprint density at radius 1 is 1.16 bits per heavy atom. The summed E-state index contributed by atoms with van der Waals surface area (Å²) in [6.45, 7) is 5.16. The van der Waals surface area contributed by atoms with Gasteiger partial charge in [-0.2, -0.15) is 0 Å². The number of piperazine rings is 1. The highest BCUT2D eigenvalue weighted by Crippen LogP contribution is 2.19. The molecule has 2 heterocycles. The Labute approximate surface area is 114 Å². The number of rotatable bonds is 2. The molecule has 6 nitrogen and oxygen atoms in total. The van der Waals surface area contributed by atoms with Crippen molar-refractivity contribution in [2.75, 3.05) is 44.3 Å². The van der Waals surface area contributed by atoms with E-state index in [0.717, 1.165) is 25.9 Å². The van der Waals surface area contributed by atoms with E-state index in [1.807, 2.05) is 0 Å². The Bertz CT molecular complexity index is 401. The minimum absolute atomic E-state index is 0.242. The third-order valence-electron chi connectivity index (χ3n) is 3.88. The molecular weight excluding hydrogens is 268 g/mol. The highest BCUT2D eigenvalue weighted by atomic mass is 32.2. The second-order valence-corrected chi connectivity index (χ2v) is 7.41. The van der Waals surface area contributed by atoms with E-state index < -0.39 is 9.84 Å². The summed E-state index contributed by atoms with van der Waals surface area (Å²) in [5, 5.41) is 0. The number of sulfone groups is 1. The van der Waals surface area contributed by atoms with E-state index in [0.29, 0.717) is 37.2 Å². The van der Waals surface area contributed by atoms with Crippen molar-refractivity contribution < 1.29 is 17.9 Å². The largest absolute Gasteiger partial charge is 0.450 e. The van der Waals surface area contributed by atoms with E-state index in [1.165, 1.54) is 0 Å². The van der Waals surface area contributed by atoms with Crippen LogP contribution in [0.5, 0.6) is 0 Å². The van der Waals surface area contributed by atoms with Crippen LogP contribution < -0.4 is 0 Å². The van der Waals surface area contributed by atoms with Crippen molar-refractivity contribution >= 4 is 15.9 Å². The van der Waals surface area contributed by atoms with Crippen molar-refractivity contribution in [2.45, 2.75) is 25.8 Å². The summed E-state index contributed by atoms with van der Waals surface area (Å²) in [6.07, 6.45) is 1.21. The Kier molecular flexibility index (Phi) is 4.67. The Balaban J connectivity index is 1.79. The molecule has 2 aliphatic heterocycles. The summed E-state index contributed by atoms with van der Waals surface area (Å²) in [5.74, 6) is 0.603. The quantitative estimate of drug-likeness (QED) is 0.733. The molecule has 0 radical (unpaired) electrons. The van der Waals surface area contributed by atoms with E-state index in [-0.39, 0.29) is 6.09 Å². The first-order valence-electron chi connectivity index (χ1n) is 6.88. The summed E-state index contributed by atoms with van der Waals surface area (Å²) in [5.41, 5.74) is 0. The van der Waals surface area contributed by atoms with Crippen LogP contribution >= 0.6 is 0 Å². The molecule has 2 rings (SSSR count). The molecule has 0 bridgehead atoms. The maximum Gasteiger partial charge on any atom is 0.409 e. The Morgan fingerprint density at radius 2 is 1.74 bits per heavy atom. The number of carbonyl (C=O) groups is 1. The topological polar surface area (TPSA) is 66.9 Å². The molecule has 7 heteroatoms. The van der Waals surface area contributed by atoms with E-state index in [9.17, 15) is 13.2 Å². The van der Waals surface area contributed by atoms with Crippen LogP contribution in [0.4, 0.5) is 4.79 Å². The molecule has 2 aliphatic rings. The lowest BCUT2D eigenvalue weighted by atomic mass is 10.1. The zero-order valence-electron chi connectivity index (χ0n) is 11.4. The molecule has 2 fully saturated rings. The molecule has 0 aromatic rings. The van der Waals surface area contributed by atoms with Crippen molar-refractivity contribution in [1.29, 1.82) is 0 Å². The van der Waals surface area contributed by atoms with Gasteiger partial charge in [-0.3, -0.25) is 4.90 Å². The fraction of sp³-hybridized carbons (Fsp3) is 0.917. The van der Waals surface area contributed by atoms with Gasteiger partial charge in [-0.05, 0) is 19.8 Å². The lowest BCUT2D eigenvalue weighted by molar-refractivity contribution is 0.0641. The molecule has 0 atom stereocenters. The minimum atomic E-state index is -2.80. The average Bonchev–Trinajstić information content (AvgIpc) is 2.39. The number of ether oxygens (including phenoxy) is 1. The van der Waals surface area contributed by atoms with Crippen molar-refractivity contribution in [2.24, 2.45) is 0 Å². The minimum Gasteiger partial charge on any atom is -0.450 e. The number of nitrogens with zero attached hydrogens (tertiary/aromatic N) is 2. The van der Waals surface area contributed by atoms with E-state index in [1.54, 1.807) is 11.8 Å². The molecule has 19 heavy (non-hydrogen) atoms. The summed E-state index contributed by atoms with van der Waals surface area (Å²) in [7, 11) is -2.80. The van der Waals surface area contributed by atoms with Gasteiger partial charge in [-0.15, -0.1) is 0 Å². The van der Waals surface area contributed by atoms with Crippen LogP contribution in [0.25, 0.3) is 0 Å². The molecule has 1 amide bonds. The number of hydrogen-bond acceptors (Lipinski definition) is 5. The van der Waals surface area contributed by atoms with Gasteiger partial charge in [0, 0.05) is 32.2 Å². The molecule has 0 spiro atoms. The molecule has 0 aromatic heterocycles. The number of amides is 1. The molecule has 0 aliphatic carbocycles. The van der Waals surface area contributed by atoms with Gasteiger partial charge in [0.2, 0.25) is 0 Å². The standard InChI is InChI=1S/C12H22N2O4S/c1-2-18-12(15)14-7-5-13(6-8-14)11-3-9-19(16,17)10-4-11/h11H,2-10H2,1H3. The molecule has 110 valence electrons. The van der Waals surface area contributed by atoms with Crippen LogP contribution in [-0.4, -0.2) is 74.6 Å². The van der Waals surface area contributed by atoms with Gasteiger partial charge < -0.3 is 9.64 Å². The van der Waals surface area contributed by atoms with Gasteiger partial charge in [0.15, 0.2) is 0 Å². The first-order valence-corrected chi connectivity index (χ1v) is 8.70. The Morgan fingerprint density at radius 3 is 2.26 bits per heavy atom.